The number of benzene rings is 1. The largest absolute Gasteiger partial charge is 0.378 e. The van der Waals surface area contributed by atoms with E-state index in [-0.39, 0.29) is 12.0 Å². The molecule has 0 aliphatic carbocycles. The number of carbonyl (C=O) groups is 1. The van der Waals surface area contributed by atoms with Gasteiger partial charge in [-0.1, -0.05) is 43.7 Å². The molecule has 0 bridgehead atoms. The van der Waals surface area contributed by atoms with Crippen LogP contribution in [0.2, 0.25) is 0 Å². The second-order valence-corrected chi connectivity index (χ2v) is 7.44. The molecule has 2 unspecified atom stereocenters. The van der Waals surface area contributed by atoms with E-state index < -0.39 is 0 Å². The van der Waals surface area contributed by atoms with Gasteiger partial charge in [0.25, 0.3) is 0 Å². The van der Waals surface area contributed by atoms with Crippen LogP contribution >= 0.6 is 0 Å². The molecule has 2 aliphatic heterocycles. The molecule has 4 heteroatoms. The zero-order valence-electron chi connectivity index (χ0n) is 15.5. The van der Waals surface area contributed by atoms with Crippen molar-refractivity contribution in [3.8, 4) is 0 Å². The van der Waals surface area contributed by atoms with E-state index in [2.05, 4.69) is 47.1 Å². The number of ether oxygens (including phenoxy) is 1. The Morgan fingerprint density at radius 3 is 2.80 bits per heavy atom. The fourth-order valence-electron chi connectivity index (χ4n) is 4.08. The molecule has 0 saturated carbocycles. The first-order chi connectivity index (χ1) is 12.3. The molecule has 1 aromatic carbocycles. The normalized spacial score (nSPS) is 25.6. The van der Waals surface area contributed by atoms with Gasteiger partial charge in [0.2, 0.25) is 5.91 Å². The Kier molecular flexibility index (Phi) is 6.88. The molecule has 2 aliphatic rings. The number of amides is 1. The Morgan fingerprint density at radius 2 is 2.00 bits per heavy atom. The summed E-state index contributed by atoms with van der Waals surface area (Å²) in [6.07, 6.45) is 5.37. The van der Waals surface area contributed by atoms with Gasteiger partial charge in [0, 0.05) is 45.2 Å². The maximum atomic E-state index is 13.0. The maximum absolute atomic E-state index is 13.0. The molecular formula is C21H32N2O2. The summed E-state index contributed by atoms with van der Waals surface area (Å²) in [5.74, 6) is 0.539. The van der Waals surface area contributed by atoms with Gasteiger partial charge in [-0.3, -0.25) is 9.69 Å². The van der Waals surface area contributed by atoms with Gasteiger partial charge in [0.1, 0.15) is 0 Å². The Balaban J connectivity index is 1.51. The summed E-state index contributed by atoms with van der Waals surface area (Å²) in [5.41, 5.74) is 1.36. The van der Waals surface area contributed by atoms with Crippen LogP contribution in [0.4, 0.5) is 0 Å². The second-order valence-electron chi connectivity index (χ2n) is 7.44. The maximum Gasteiger partial charge on any atom is 0.225 e. The quantitative estimate of drug-likeness (QED) is 0.821. The number of hydrogen-bond acceptors (Lipinski definition) is 3. The average molecular weight is 344 g/mol. The van der Waals surface area contributed by atoms with Gasteiger partial charge < -0.3 is 9.64 Å². The molecule has 25 heavy (non-hydrogen) atoms. The summed E-state index contributed by atoms with van der Waals surface area (Å²) in [6.45, 7) is 7.73. The highest BCUT2D eigenvalue weighted by atomic mass is 16.5. The van der Waals surface area contributed by atoms with Crippen LogP contribution in [0, 0.1) is 5.92 Å². The lowest BCUT2D eigenvalue weighted by Gasteiger charge is -2.32. The van der Waals surface area contributed by atoms with Gasteiger partial charge in [-0.15, -0.1) is 0 Å². The zero-order valence-corrected chi connectivity index (χ0v) is 15.5. The summed E-state index contributed by atoms with van der Waals surface area (Å²) < 4.78 is 5.82. The molecule has 1 amide bonds. The van der Waals surface area contributed by atoms with E-state index in [9.17, 15) is 4.79 Å². The van der Waals surface area contributed by atoms with Crippen molar-refractivity contribution in [3.63, 3.8) is 0 Å². The van der Waals surface area contributed by atoms with Crippen molar-refractivity contribution in [1.29, 1.82) is 0 Å². The Hall–Kier alpha value is -1.39. The number of nitrogens with zero attached hydrogens (tertiary/aromatic N) is 2. The van der Waals surface area contributed by atoms with Gasteiger partial charge in [0.15, 0.2) is 0 Å². The van der Waals surface area contributed by atoms with Gasteiger partial charge in [-0.25, -0.2) is 0 Å². The van der Waals surface area contributed by atoms with Gasteiger partial charge in [-0.2, -0.15) is 0 Å². The minimum absolute atomic E-state index is 0.172. The highest BCUT2D eigenvalue weighted by molar-refractivity contribution is 5.79. The van der Waals surface area contributed by atoms with Crippen molar-refractivity contribution in [3.05, 3.63) is 35.9 Å². The molecular weight excluding hydrogens is 312 g/mol. The van der Waals surface area contributed by atoms with Crippen molar-refractivity contribution in [1.82, 2.24) is 9.80 Å². The van der Waals surface area contributed by atoms with Crippen LogP contribution in [0.5, 0.6) is 0 Å². The molecule has 3 rings (SSSR count). The predicted octanol–water partition coefficient (Wildman–Crippen LogP) is 3.32. The van der Waals surface area contributed by atoms with E-state index >= 15 is 0 Å². The predicted molar refractivity (Wildman–Crippen MR) is 100 cm³/mol. The van der Waals surface area contributed by atoms with Gasteiger partial charge in [-0.05, 0) is 31.2 Å². The van der Waals surface area contributed by atoms with Crippen LogP contribution in [-0.2, 0) is 16.1 Å². The third-order valence-electron chi connectivity index (χ3n) is 5.48. The van der Waals surface area contributed by atoms with Crippen LogP contribution in [0.1, 0.15) is 44.6 Å². The lowest BCUT2D eigenvalue weighted by atomic mass is 9.92. The Morgan fingerprint density at radius 1 is 1.16 bits per heavy atom. The second kappa shape index (κ2) is 9.35. The monoisotopic (exact) mass is 344 g/mol. The fourth-order valence-corrected chi connectivity index (χ4v) is 4.08. The lowest BCUT2D eigenvalue weighted by Crippen LogP contribution is -2.42. The first kappa shape index (κ1) is 18.4. The van der Waals surface area contributed by atoms with E-state index in [1.54, 1.807) is 0 Å². The molecule has 4 nitrogen and oxygen atoms in total. The Labute approximate surface area is 152 Å². The van der Waals surface area contributed by atoms with Crippen LogP contribution in [-0.4, -0.2) is 54.6 Å². The van der Waals surface area contributed by atoms with Crippen LogP contribution in [0.3, 0.4) is 0 Å². The highest BCUT2D eigenvalue weighted by Gasteiger charge is 2.31. The van der Waals surface area contributed by atoms with Crippen molar-refractivity contribution >= 4 is 5.91 Å². The van der Waals surface area contributed by atoms with Crippen LogP contribution in [0.25, 0.3) is 0 Å². The topological polar surface area (TPSA) is 32.8 Å². The zero-order chi connectivity index (χ0) is 17.5. The summed E-state index contributed by atoms with van der Waals surface area (Å²) >= 11 is 0. The summed E-state index contributed by atoms with van der Waals surface area (Å²) in [4.78, 5) is 17.6. The van der Waals surface area contributed by atoms with Crippen molar-refractivity contribution in [2.75, 3.05) is 32.8 Å². The fraction of sp³-hybridized carbons (Fsp3) is 0.667. The molecule has 2 fully saturated rings. The van der Waals surface area contributed by atoms with E-state index in [1.165, 1.54) is 5.56 Å². The van der Waals surface area contributed by atoms with Gasteiger partial charge in [0.05, 0.1) is 6.10 Å². The standard InChI is InChI=1S/C21H32N2O2/c1-2-7-20-16-19(10-15-25-20)21(24)23-12-6-11-22(13-14-23)17-18-8-4-3-5-9-18/h3-5,8-9,19-20H,2,6-7,10-17H2,1H3. The van der Waals surface area contributed by atoms with E-state index in [0.29, 0.717) is 5.91 Å². The Bertz CT molecular complexity index is 532. The molecule has 0 radical (unpaired) electrons. The van der Waals surface area contributed by atoms with Crippen molar-refractivity contribution in [2.45, 2.75) is 51.7 Å². The van der Waals surface area contributed by atoms with Crippen molar-refractivity contribution < 1.29 is 9.53 Å². The number of hydrogen-bond donors (Lipinski definition) is 0. The first-order valence-corrected chi connectivity index (χ1v) is 9.93. The summed E-state index contributed by atoms with van der Waals surface area (Å²) in [7, 11) is 0. The molecule has 2 saturated heterocycles. The number of carbonyl (C=O) groups excluding carboxylic acids is 1. The lowest BCUT2D eigenvalue weighted by molar-refractivity contribution is -0.140. The SMILES string of the molecule is CCCC1CC(C(=O)N2CCCN(Cc3ccccc3)CC2)CCO1. The molecule has 0 aromatic heterocycles. The minimum Gasteiger partial charge on any atom is -0.378 e. The first-order valence-electron chi connectivity index (χ1n) is 9.93. The van der Waals surface area contributed by atoms with Gasteiger partial charge >= 0.3 is 0 Å². The molecule has 138 valence electrons. The summed E-state index contributed by atoms with van der Waals surface area (Å²) in [6, 6.07) is 10.6. The number of rotatable bonds is 5. The van der Waals surface area contributed by atoms with E-state index in [0.717, 1.165) is 71.4 Å². The minimum atomic E-state index is 0.172. The third-order valence-corrected chi connectivity index (χ3v) is 5.48. The van der Waals surface area contributed by atoms with Crippen molar-refractivity contribution in [2.24, 2.45) is 5.92 Å². The smallest absolute Gasteiger partial charge is 0.225 e. The molecule has 2 atom stereocenters. The highest BCUT2D eigenvalue weighted by Crippen LogP contribution is 2.25. The molecule has 0 N–H and O–H groups in total. The molecule has 1 aromatic rings. The summed E-state index contributed by atoms with van der Waals surface area (Å²) in [5, 5.41) is 0. The molecule has 0 spiro atoms. The van der Waals surface area contributed by atoms with E-state index in [1.807, 2.05) is 0 Å². The van der Waals surface area contributed by atoms with Crippen LogP contribution < -0.4 is 0 Å². The molecule has 2 heterocycles. The van der Waals surface area contributed by atoms with Crippen LogP contribution in [0.15, 0.2) is 30.3 Å². The third kappa shape index (κ3) is 5.29. The average Bonchev–Trinajstić information content (AvgIpc) is 2.88. The van der Waals surface area contributed by atoms with E-state index in [4.69, 9.17) is 4.74 Å².